The highest BCUT2D eigenvalue weighted by Crippen LogP contribution is 2.16. The van der Waals surface area contributed by atoms with E-state index >= 15 is 0 Å². The molecule has 1 aromatic heterocycles. The lowest BCUT2D eigenvalue weighted by Crippen LogP contribution is -2.20. The number of benzene rings is 1. The quantitative estimate of drug-likeness (QED) is 0.853. The Morgan fingerprint density at radius 1 is 1.33 bits per heavy atom. The molecule has 0 saturated carbocycles. The Hall–Kier alpha value is -2.41. The third-order valence-electron chi connectivity index (χ3n) is 2.52. The summed E-state index contributed by atoms with van der Waals surface area (Å²) in [6.07, 6.45) is -0.160. The van der Waals surface area contributed by atoms with E-state index in [1.165, 1.54) is 11.3 Å². The molecule has 0 bridgehead atoms. The molecule has 2 rings (SSSR count). The second kappa shape index (κ2) is 6.85. The minimum Gasteiger partial charge on any atom is -0.484 e. The van der Waals surface area contributed by atoms with Crippen LogP contribution >= 0.6 is 11.3 Å². The highest BCUT2D eigenvalue weighted by atomic mass is 32.1. The fourth-order valence-corrected chi connectivity index (χ4v) is 2.27. The molecule has 6 nitrogen and oxygen atoms in total. The number of carboxylic acid groups (broad SMARTS) is 1. The van der Waals surface area contributed by atoms with Gasteiger partial charge in [-0.1, -0.05) is 17.7 Å². The standard InChI is InChI=1S/C14H14N2O4S/c1-9-2-4-11(5-3-9)20-7-12(17)16-14-15-10(8-21-14)6-13(18)19/h2-5,8H,6-7H2,1H3,(H,18,19)(H,15,16,17). The number of hydrogen-bond acceptors (Lipinski definition) is 5. The van der Waals surface area contributed by atoms with E-state index in [0.29, 0.717) is 16.6 Å². The van der Waals surface area contributed by atoms with Gasteiger partial charge in [0.2, 0.25) is 0 Å². The summed E-state index contributed by atoms with van der Waals surface area (Å²) in [5.41, 5.74) is 1.53. The van der Waals surface area contributed by atoms with Gasteiger partial charge in [-0.05, 0) is 19.1 Å². The molecule has 110 valence electrons. The average Bonchev–Trinajstić information content (AvgIpc) is 2.84. The van der Waals surface area contributed by atoms with Crippen molar-refractivity contribution in [1.82, 2.24) is 4.98 Å². The predicted molar refractivity (Wildman–Crippen MR) is 78.8 cm³/mol. The van der Waals surface area contributed by atoms with E-state index in [9.17, 15) is 9.59 Å². The van der Waals surface area contributed by atoms with Gasteiger partial charge in [-0.2, -0.15) is 0 Å². The van der Waals surface area contributed by atoms with Gasteiger partial charge in [0.1, 0.15) is 5.75 Å². The molecule has 0 saturated heterocycles. The van der Waals surface area contributed by atoms with Gasteiger partial charge in [-0.25, -0.2) is 4.98 Å². The lowest BCUT2D eigenvalue weighted by atomic mass is 10.2. The summed E-state index contributed by atoms with van der Waals surface area (Å²) in [7, 11) is 0. The Morgan fingerprint density at radius 2 is 2.05 bits per heavy atom. The number of amides is 1. The first-order valence-corrected chi connectivity index (χ1v) is 7.06. The zero-order valence-electron chi connectivity index (χ0n) is 11.3. The predicted octanol–water partition coefficient (Wildman–Crippen LogP) is 2.10. The first kappa shape index (κ1) is 15.0. The van der Waals surface area contributed by atoms with Gasteiger partial charge in [0.05, 0.1) is 12.1 Å². The third kappa shape index (κ3) is 4.88. The van der Waals surface area contributed by atoms with Crippen LogP contribution in [-0.4, -0.2) is 28.6 Å². The third-order valence-corrected chi connectivity index (χ3v) is 3.33. The summed E-state index contributed by atoms with van der Waals surface area (Å²) in [5.74, 6) is -0.686. The smallest absolute Gasteiger partial charge is 0.309 e. The first-order valence-electron chi connectivity index (χ1n) is 6.18. The van der Waals surface area contributed by atoms with Crippen LogP contribution < -0.4 is 10.1 Å². The number of carbonyl (C=O) groups excluding carboxylic acids is 1. The van der Waals surface area contributed by atoms with Crippen LogP contribution in [0.2, 0.25) is 0 Å². The maximum Gasteiger partial charge on any atom is 0.309 e. The van der Waals surface area contributed by atoms with Gasteiger partial charge in [0.15, 0.2) is 11.7 Å². The van der Waals surface area contributed by atoms with Crippen LogP contribution in [0.15, 0.2) is 29.6 Å². The van der Waals surface area contributed by atoms with Crippen LogP contribution in [0.25, 0.3) is 0 Å². The van der Waals surface area contributed by atoms with Crippen molar-refractivity contribution in [2.45, 2.75) is 13.3 Å². The Labute approximate surface area is 125 Å². The second-order valence-electron chi connectivity index (χ2n) is 4.36. The molecule has 1 amide bonds. The lowest BCUT2D eigenvalue weighted by molar-refractivity contribution is -0.136. The number of rotatable bonds is 6. The highest BCUT2D eigenvalue weighted by molar-refractivity contribution is 7.13. The Balaban J connectivity index is 1.82. The van der Waals surface area contributed by atoms with Crippen molar-refractivity contribution in [3.8, 4) is 5.75 Å². The summed E-state index contributed by atoms with van der Waals surface area (Å²) in [4.78, 5) is 26.2. The fourth-order valence-electron chi connectivity index (χ4n) is 1.54. The van der Waals surface area contributed by atoms with Gasteiger partial charge >= 0.3 is 5.97 Å². The minimum atomic E-state index is -0.958. The topological polar surface area (TPSA) is 88.5 Å². The number of nitrogens with one attached hydrogen (secondary N) is 1. The van der Waals surface area contributed by atoms with Crippen molar-refractivity contribution in [3.05, 3.63) is 40.9 Å². The summed E-state index contributed by atoms with van der Waals surface area (Å²) < 4.78 is 5.34. The number of nitrogens with zero attached hydrogens (tertiary/aromatic N) is 1. The van der Waals surface area contributed by atoms with E-state index < -0.39 is 5.97 Å². The molecule has 2 N–H and O–H groups in total. The van der Waals surface area contributed by atoms with E-state index in [0.717, 1.165) is 5.56 Å². The molecule has 0 unspecified atom stereocenters. The largest absolute Gasteiger partial charge is 0.484 e. The number of aromatic nitrogens is 1. The minimum absolute atomic E-state index is 0.128. The summed E-state index contributed by atoms with van der Waals surface area (Å²) in [6, 6.07) is 7.37. The molecule has 1 aromatic carbocycles. The zero-order valence-corrected chi connectivity index (χ0v) is 12.1. The molecule has 1 heterocycles. The van der Waals surface area contributed by atoms with Gasteiger partial charge in [0.25, 0.3) is 5.91 Å². The molecular formula is C14H14N2O4S. The Morgan fingerprint density at radius 3 is 2.71 bits per heavy atom. The number of carbonyl (C=O) groups is 2. The highest BCUT2D eigenvalue weighted by Gasteiger charge is 2.09. The molecule has 0 radical (unpaired) electrons. The van der Waals surface area contributed by atoms with Crippen molar-refractivity contribution in [1.29, 1.82) is 0 Å². The van der Waals surface area contributed by atoms with Gasteiger partial charge in [0, 0.05) is 5.38 Å². The van der Waals surface area contributed by atoms with Crippen molar-refractivity contribution in [2.75, 3.05) is 11.9 Å². The van der Waals surface area contributed by atoms with Gasteiger partial charge in [-0.15, -0.1) is 11.3 Å². The fraction of sp³-hybridized carbons (Fsp3) is 0.214. The second-order valence-corrected chi connectivity index (χ2v) is 5.22. The van der Waals surface area contributed by atoms with Crippen molar-refractivity contribution >= 4 is 28.3 Å². The maximum atomic E-state index is 11.7. The Bertz CT molecular complexity index is 637. The number of carboxylic acids is 1. The molecule has 0 aliphatic rings. The molecule has 0 fully saturated rings. The van der Waals surface area contributed by atoms with Crippen LogP contribution in [0, 0.1) is 6.92 Å². The molecule has 2 aromatic rings. The van der Waals surface area contributed by atoms with E-state index in [1.807, 2.05) is 19.1 Å². The normalized spacial score (nSPS) is 10.1. The Kier molecular flexibility index (Phi) is 4.89. The van der Waals surface area contributed by atoms with Crippen LogP contribution in [0.3, 0.4) is 0 Å². The number of hydrogen-bond donors (Lipinski definition) is 2. The number of aliphatic carboxylic acids is 1. The van der Waals surface area contributed by atoms with E-state index in [4.69, 9.17) is 9.84 Å². The SMILES string of the molecule is Cc1ccc(OCC(=O)Nc2nc(CC(=O)O)cs2)cc1. The number of ether oxygens (including phenoxy) is 1. The lowest BCUT2D eigenvalue weighted by Gasteiger charge is -2.05. The number of thiazole rings is 1. The maximum absolute atomic E-state index is 11.7. The summed E-state index contributed by atoms with van der Waals surface area (Å²) in [5, 5.41) is 13.2. The summed E-state index contributed by atoms with van der Waals surface area (Å²) in [6.45, 7) is 1.84. The molecule has 0 aliphatic heterocycles. The van der Waals surface area contributed by atoms with E-state index in [-0.39, 0.29) is 18.9 Å². The van der Waals surface area contributed by atoms with Crippen LogP contribution in [-0.2, 0) is 16.0 Å². The van der Waals surface area contributed by atoms with E-state index in [1.54, 1.807) is 17.5 Å². The first-order chi connectivity index (χ1) is 10.0. The van der Waals surface area contributed by atoms with Crippen LogP contribution in [0.4, 0.5) is 5.13 Å². The van der Waals surface area contributed by atoms with Crippen molar-refractivity contribution < 1.29 is 19.4 Å². The summed E-state index contributed by atoms with van der Waals surface area (Å²) >= 11 is 1.18. The van der Waals surface area contributed by atoms with E-state index in [2.05, 4.69) is 10.3 Å². The average molecular weight is 306 g/mol. The molecule has 0 aliphatic carbocycles. The van der Waals surface area contributed by atoms with Gasteiger partial charge in [-0.3, -0.25) is 14.9 Å². The molecular weight excluding hydrogens is 292 g/mol. The van der Waals surface area contributed by atoms with Crippen molar-refractivity contribution in [2.24, 2.45) is 0 Å². The monoisotopic (exact) mass is 306 g/mol. The molecule has 0 atom stereocenters. The molecule has 0 spiro atoms. The van der Waals surface area contributed by atoms with Gasteiger partial charge < -0.3 is 9.84 Å². The molecule has 7 heteroatoms. The number of aryl methyl sites for hydroxylation is 1. The van der Waals surface area contributed by atoms with Crippen LogP contribution in [0.5, 0.6) is 5.75 Å². The molecule has 21 heavy (non-hydrogen) atoms. The number of anilines is 1. The van der Waals surface area contributed by atoms with Crippen molar-refractivity contribution in [3.63, 3.8) is 0 Å². The zero-order chi connectivity index (χ0) is 15.2. The van der Waals surface area contributed by atoms with Crippen LogP contribution in [0.1, 0.15) is 11.3 Å².